The van der Waals surface area contributed by atoms with E-state index in [0.717, 1.165) is 47.2 Å². The predicted octanol–water partition coefficient (Wildman–Crippen LogP) is 3.38. The molecule has 1 radical (unpaired) electrons. The Bertz CT molecular complexity index is 1450. The number of nitrogens with two attached hydrogens (primary N) is 1. The molecule has 0 saturated heterocycles. The van der Waals surface area contributed by atoms with E-state index in [4.69, 9.17) is 26.9 Å². The van der Waals surface area contributed by atoms with Crippen LogP contribution in [0.4, 0.5) is 5.82 Å². The summed E-state index contributed by atoms with van der Waals surface area (Å²) in [6.07, 6.45) is 2.26. The molecule has 0 saturated carbocycles. The van der Waals surface area contributed by atoms with Gasteiger partial charge in [0.05, 0.1) is 0 Å². The number of para-hydroxylation sites is 1. The van der Waals surface area contributed by atoms with Crippen LogP contribution in [0.25, 0.3) is 21.9 Å². The molecule has 0 fully saturated rings. The second kappa shape index (κ2) is 10.8. The van der Waals surface area contributed by atoms with Crippen molar-refractivity contribution in [3.05, 3.63) is 53.9 Å². The summed E-state index contributed by atoms with van der Waals surface area (Å²) < 4.78 is 29.1. The van der Waals surface area contributed by atoms with Gasteiger partial charge < -0.3 is 0 Å². The number of nitrogens with one attached hydrogen (secondary N) is 1. The Kier molecular flexibility index (Phi) is 7.74. The summed E-state index contributed by atoms with van der Waals surface area (Å²) in [6.45, 7) is 9.89. The van der Waals surface area contributed by atoms with Crippen molar-refractivity contribution in [3.63, 3.8) is 0 Å². The third-order valence-corrected chi connectivity index (χ3v) is 7.61. The van der Waals surface area contributed by atoms with Crippen LogP contribution in [-0.2, 0) is 27.2 Å². The Morgan fingerprint density at radius 2 is 1.94 bits per heavy atom. The van der Waals surface area contributed by atoms with E-state index in [9.17, 15) is 4.21 Å². The molecule has 2 aromatic heterocycles. The number of benzene rings is 2. The molecule has 0 amide bonds. The fourth-order valence-electron chi connectivity index (χ4n) is 4.25. The Morgan fingerprint density at radius 3 is 2.71 bits per heavy atom. The maximum atomic E-state index is 13.1. The monoisotopic (exact) mass is 492 g/mol. The fourth-order valence-corrected chi connectivity index (χ4v) is 5.57. The number of nitrogens with zero attached hydrogens (tertiary/aromatic N) is 3. The Hall–Kier alpha value is -2.95. The number of rotatable bonds is 11. The number of imidazole rings is 1. The van der Waals surface area contributed by atoms with E-state index in [1.54, 1.807) is 20.3 Å². The number of methoxy groups -OCH3 is 2. The maximum absolute atomic E-state index is 13.1. The van der Waals surface area contributed by atoms with Gasteiger partial charge in [-0.25, -0.2) is 0 Å². The molecule has 10 heteroatoms. The third kappa shape index (κ3) is 5.34. The van der Waals surface area contributed by atoms with Crippen LogP contribution in [0, 0.1) is 6.92 Å². The minimum atomic E-state index is -2.93. The molecule has 0 spiro atoms. The number of anilines is 1. The zero-order chi connectivity index (χ0) is 25.0. The van der Waals surface area contributed by atoms with E-state index in [2.05, 4.69) is 14.3 Å². The van der Waals surface area contributed by atoms with Gasteiger partial charge in [-0.3, -0.25) is 0 Å². The van der Waals surface area contributed by atoms with Crippen LogP contribution in [0.15, 0.2) is 47.4 Å². The SMILES string of the molecule is [B]=S(=O)(NCCCCn1c(CCOC)nc2c(N)nc3ccccc3c21)c1ccc(C)cc1OC. The summed E-state index contributed by atoms with van der Waals surface area (Å²) in [4.78, 5) is 9.81. The molecule has 0 aliphatic carbocycles. The van der Waals surface area contributed by atoms with Crippen LogP contribution in [0.3, 0.4) is 0 Å². The predicted molar refractivity (Wildman–Crippen MR) is 142 cm³/mol. The van der Waals surface area contributed by atoms with E-state index in [1.807, 2.05) is 43.3 Å². The average molecular weight is 492 g/mol. The average Bonchev–Trinajstić information content (AvgIpc) is 3.21. The number of hydrogen-bond donors (Lipinski definition) is 2. The van der Waals surface area contributed by atoms with E-state index < -0.39 is 9.55 Å². The summed E-state index contributed by atoms with van der Waals surface area (Å²) >= 11 is 0. The van der Waals surface area contributed by atoms with E-state index in [0.29, 0.717) is 41.6 Å². The topological polar surface area (TPSA) is 104 Å². The van der Waals surface area contributed by atoms with Gasteiger partial charge in [0.25, 0.3) is 0 Å². The molecule has 4 rings (SSSR count). The minimum absolute atomic E-state index is 0.424. The zero-order valence-electron chi connectivity index (χ0n) is 20.4. The molecular formula is C25H31BN5O3S. The Morgan fingerprint density at radius 1 is 1.14 bits per heavy atom. The van der Waals surface area contributed by atoms with Gasteiger partial charge >= 0.3 is 207 Å². The van der Waals surface area contributed by atoms with Crippen molar-refractivity contribution in [3.8, 4) is 5.75 Å². The fraction of sp³-hybridized carbons (Fsp3) is 0.360. The van der Waals surface area contributed by atoms with Gasteiger partial charge in [0.1, 0.15) is 0 Å². The molecule has 0 bridgehead atoms. The van der Waals surface area contributed by atoms with Gasteiger partial charge in [-0.05, 0) is 0 Å². The van der Waals surface area contributed by atoms with Crippen molar-refractivity contribution in [2.45, 2.75) is 37.6 Å². The number of aromatic nitrogens is 3. The van der Waals surface area contributed by atoms with E-state index in [-0.39, 0.29) is 0 Å². The van der Waals surface area contributed by atoms with E-state index >= 15 is 0 Å². The summed E-state index contributed by atoms with van der Waals surface area (Å²) in [7, 11) is 0.301. The molecule has 8 nitrogen and oxygen atoms in total. The summed E-state index contributed by atoms with van der Waals surface area (Å²) in [5, 5.41) is 1.02. The van der Waals surface area contributed by atoms with Crippen LogP contribution in [0.1, 0.15) is 24.2 Å². The molecule has 35 heavy (non-hydrogen) atoms. The van der Waals surface area contributed by atoms with Gasteiger partial charge in [-0.15, -0.1) is 0 Å². The standard InChI is InChI=1S/C25H31BN5O3S/c1-17-10-11-21(20(16-17)34-3)35(26,32)28-13-6-7-14-31-22(12-15-33-2)30-23-24(31)18-8-4-5-9-19(18)29-25(23)27/h4-5,8-11,16H,6-7,12-15H2,1-3H3,(H2,27,29)(H,28,32). The first-order valence-electron chi connectivity index (χ1n) is 11.6. The first-order valence-corrected chi connectivity index (χ1v) is 13.2. The molecule has 1 atom stereocenters. The van der Waals surface area contributed by atoms with Crippen molar-refractivity contribution in [1.29, 1.82) is 0 Å². The number of fused-ring (bicyclic) bond motifs is 3. The Labute approximate surface area is 207 Å². The van der Waals surface area contributed by atoms with Crippen molar-refractivity contribution in [2.75, 3.05) is 33.1 Å². The molecule has 0 aliphatic rings. The molecule has 183 valence electrons. The summed E-state index contributed by atoms with van der Waals surface area (Å²) in [5.41, 5.74) is 9.82. The first-order chi connectivity index (χ1) is 16.9. The summed E-state index contributed by atoms with van der Waals surface area (Å²) in [6, 6.07) is 13.4. The number of ether oxygens (including phenoxy) is 2. The van der Waals surface area contributed by atoms with Gasteiger partial charge in [0.15, 0.2) is 0 Å². The molecule has 2 heterocycles. The molecule has 2 aromatic carbocycles. The Balaban J connectivity index is 1.51. The second-order valence-electron chi connectivity index (χ2n) is 8.49. The van der Waals surface area contributed by atoms with Gasteiger partial charge in [0.2, 0.25) is 0 Å². The number of pyridine rings is 1. The van der Waals surface area contributed by atoms with Crippen LogP contribution in [0.5, 0.6) is 5.75 Å². The number of unbranched alkanes of at least 4 members (excludes halogenated alkanes) is 1. The van der Waals surface area contributed by atoms with E-state index in [1.165, 1.54) is 0 Å². The van der Waals surface area contributed by atoms with Crippen molar-refractivity contribution < 1.29 is 13.7 Å². The second-order valence-corrected chi connectivity index (χ2v) is 10.4. The molecule has 0 aliphatic heterocycles. The van der Waals surface area contributed by atoms with Gasteiger partial charge in [-0.1, -0.05) is 0 Å². The molecule has 1 unspecified atom stereocenters. The van der Waals surface area contributed by atoms with Crippen molar-refractivity contribution >= 4 is 44.0 Å². The number of aryl methyl sites for hydroxylation is 2. The number of hydrogen-bond acceptors (Lipinski definition) is 6. The molecule has 3 N–H and O–H groups in total. The quantitative estimate of drug-likeness (QED) is 0.246. The van der Waals surface area contributed by atoms with Gasteiger partial charge in [0, 0.05) is 0 Å². The van der Waals surface area contributed by atoms with Crippen LogP contribution < -0.4 is 15.2 Å². The molecular weight excluding hydrogens is 461 g/mol. The number of nitrogen functional groups attached to an aromatic ring is 1. The third-order valence-electron chi connectivity index (χ3n) is 5.99. The molecule has 4 aromatic rings. The van der Waals surface area contributed by atoms with Crippen molar-refractivity contribution in [2.24, 2.45) is 0 Å². The first kappa shape index (κ1) is 25.2. The zero-order valence-corrected chi connectivity index (χ0v) is 21.2. The summed E-state index contributed by atoms with van der Waals surface area (Å²) in [5.74, 6) is 1.86. The van der Waals surface area contributed by atoms with Gasteiger partial charge in [-0.2, -0.15) is 0 Å². The van der Waals surface area contributed by atoms with Crippen LogP contribution >= 0.6 is 0 Å². The van der Waals surface area contributed by atoms with Crippen molar-refractivity contribution in [1.82, 2.24) is 19.3 Å². The van der Waals surface area contributed by atoms with Crippen LogP contribution in [0.2, 0.25) is 0 Å². The normalized spacial score (nSPS) is 13.3. The van der Waals surface area contributed by atoms with Crippen LogP contribution in [-0.4, -0.2) is 52.8 Å².